The van der Waals surface area contributed by atoms with Crippen LogP contribution >= 0.6 is 34.3 Å². The first-order chi connectivity index (χ1) is 15.4. The second kappa shape index (κ2) is 8.33. The van der Waals surface area contributed by atoms with Crippen molar-refractivity contribution in [3.05, 3.63) is 88.8 Å². The van der Waals surface area contributed by atoms with Crippen LogP contribution in [0.4, 0.5) is 5.00 Å². The van der Waals surface area contributed by atoms with Crippen molar-refractivity contribution in [1.82, 2.24) is 4.98 Å². The average molecular weight is 497 g/mol. The van der Waals surface area contributed by atoms with Gasteiger partial charge in [0.15, 0.2) is 0 Å². The van der Waals surface area contributed by atoms with Gasteiger partial charge in [-0.15, -0.1) is 22.7 Å². The van der Waals surface area contributed by atoms with E-state index in [9.17, 15) is 8.42 Å². The van der Waals surface area contributed by atoms with Gasteiger partial charge in [0.25, 0.3) is 10.0 Å². The van der Waals surface area contributed by atoms with Gasteiger partial charge in [0.1, 0.15) is 10.0 Å². The standard InChI is InChI=1S/C24H17ClN2O2S3/c1-15-14-30-24(22(15)23-26-20-4-2-3-5-21(20)31-23)27-32(28,29)19-12-8-17(9-13-19)16-6-10-18(25)11-7-16/h2-14,27H,1H3. The Labute approximate surface area is 199 Å². The fourth-order valence-corrected chi connectivity index (χ4v) is 6.95. The van der Waals surface area contributed by atoms with Crippen LogP contribution in [0, 0.1) is 6.92 Å². The van der Waals surface area contributed by atoms with Crippen molar-refractivity contribution < 1.29 is 8.42 Å². The van der Waals surface area contributed by atoms with E-state index in [1.54, 1.807) is 35.6 Å². The number of sulfonamides is 1. The van der Waals surface area contributed by atoms with Crippen LogP contribution in [0.3, 0.4) is 0 Å². The molecule has 2 aromatic heterocycles. The third-order valence-corrected chi connectivity index (χ3v) is 8.87. The highest BCUT2D eigenvalue weighted by Crippen LogP contribution is 2.41. The Balaban J connectivity index is 1.46. The monoisotopic (exact) mass is 496 g/mol. The number of rotatable bonds is 5. The summed E-state index contributed by atoms with van der Waals surface area (Å²) in [7, 11) is -3.75. The smallest absolute Gasteiger partial charge is 0.262 e. The first kappa shape index (κ1) is 21.2. The Morgan fingerprint density at radius 3 is 2.25 bits per heavy atom. The van der Waals surface area contributed by atoms with E-state index in [1.165, 1.54) is 11.3 Å². The van der Waals surface area contributed by atoms with Crippen molar-refractivity contribution in [2.24, 2.45) is 0 Å². The van der Waals surface area contributed by atoms with Crippen LogP contribution in [-0.2, 0) is 10.0 Å². The summed E-state index contributed by atoms with van der Waals surface area (Å²) in [6.45, 7) is 1.97. The minimum absolute atomic E-state index is 0.205. The molecule has 0 unspecified atom stereocenters. The van der Waals surface area contributed by atoms with Gasteiger partial charge in [-0.1, -0.05) is 48.0 Å². The fourth-order valence-electron chi connectivity index (χ4n) is 3.41. The van der Waals surface area contributed by atoms with E-state index in [-0.39, 0.29) is 4.90 Å². The van der Waals surface area contributed by atoms with Crippen molar-refractivity contribution in [3.8, 4) is 21.7 Å². The highest BCUT2D eigenvalue weighted by atomic mass is 35.5. The maximum Gasteiger partial charge on any atom is 0.262 e. The molecule has 8 heteroatoms. The van der Waals surface area contributed by atoms with Gasteiger partial charge in [-0.3, -0.25) is 4.72 Å². The van der Waals surface area contributed by atoms with Crippen LogP contribution in [0.2, 0.25) is 5.02 Å². The Morgan fingerprint density at radius 1 is 0.906 bits per heavy atom. The Hall–Kier alpha value is -2.71. The Kier molecular flexibility index (Phi) is 5.51. The Morgan fingerprint density at radius 2 is 1.56 bits per heavy atom. The number of thiophene rings is 1. The van der Waals surface area contributed by atoms with E-state index in [2.05, 4.69) is 4.72 Å². The zero-order chi connectivity index (χ0) is 22.3. The molecule has 0 saturated carbocycles. The quantitative estimate of drug-likeness (QED) is 0.275. The molecule has 0 fully saturated rings. The van der Waals surface area contributed by atoms with Crippen molar-refractivity contribution in [2.75, 3.05) is 4.72 Å². The lowest BCUT2D eigenvalue weighted by molar-refractivity contribution is 0.601. The van der Waals surface area contributed by atoms with Gasteiger partial charge in [0.05, 0.1) is 15.1 Å². The molecule has 0 bridgehead atoms. The largest absolute Gasteiger partial charge is 0.270 e. The van der Waals surface area contributed by atoms with E-state index >= 15 is 0 Å². The Bertz CT molecular complexity index is 1490. The molecule has 0 aliphatic heterocycles. The second-order valence-electron chi connectivity index (χ2n) is 7.25. The number of hydrogen-bond acceptors (Lipinski definition) is 5. The highest BCUT2D eigenvalue weighted by Gasteiger charge is 2.21. The zero-order valence-electron chi connectivity index (χ0n) is 16.9. The molecule has 0 aliphatic rings. The molecule has 4 nitrogen and oxygen atoms in total. The molecular weight excluding hydrogens is 480 g/mol. The predicted octanol–water partition coefficient (Wildman–Crippen LogP) is 7.45. The van der Waals surface area contributed by atoms with Crippen molar-refractivity contribution in [3.63, 3.8) is 0 Å². The van der Waals surface area contributed by atoms with Gasteiger partial charge >= 0.3 is 0 Å². The maximum absolute atomic E-state index is 13.1. The van der Waals surface area contributed by atoms with Crippen LogP contribution in [0.1, 0.15) is 5.56 Å². The lowest BCUT2D eigenvalue weighted by atomic mass is 10.1. The fraction of sp³-hybridized carbons (Fsp3) is 0.0417. The number of anilines is 1. The minimum atomic E-state index is -3.75. The normalized spacial score (nSPS) is 11.7. The lowest BCUT2D eigenvalue weighted by Crippen LogP contribution is -2.12. The lowest BCUT2D eigenvalue weighted by Gasteiger charge is -2.09. The topological polar surface area (TPSA) is 59.1 Å². The molecule has 160 valence electrons. The van der Waals surface area contributed by atoms with E-state index in [0.717, 1.165) is 37.5 Å². The van der Waals surface area contributed by atoms with Crippen molar-refractivity contribution >= 4 is 59.5 Å². The molecule has 3 aromatic carbocycles. The molecule has 32 heavy (non-hydrogen) atoms. The molecule has 0 atom stereocenters. The number of aryl methyl sites for hydroxylation is 1. The molecule has 0 spiro atoms. The SMILES string of the molecule is Cc1csc(NS(=O)(=O)c2ccc(-c3ccc(Cl)cc3)cc2)c1-c1nc2ccccc2s1. The summed E-state index contributed by atoms with van der Waals surface area (Å²) in [5.74, 6) is 0. The van der Waals surface area contributed by atoms with Gasteiger partial charge in [-0.25, -0.2) is 13.4 Å². The average Bonchev–Trinajstić information content (AvgIpc) is 3.36. The van der Waals surface area contributed by atoms with Crippen molar-refractivity contribution in [2.45, 2.75) is 11.8 Å². The number of halogens is 1. The summed E-state index contributed by atoms with van der Waals surface area (Å²) in [6, 6.07) is 22.2. The number of para-hydroxylation sites is 1. The van der Waals surface area contributed by atoms with Gasteiger partial charge in [0.2, 0.25) is 0 Å². The summed E-state index contributed by atoms with van der Waals surface area (Å²) >= 11 is 8.88. The molecule has 0 saturated heterocycles. The molecule has 0 radical (unpaired) electrons. The first-order valence-corrected chi connectivity index (χ1v) is 13.3. The summed E-state index contributed by atoms with van der Waals surface area (Å²) < 4.78 is 30.1. The van der Waals surface area contributed by atoms with E-state index in [1.807, 2.05) is 60.8 Å². The van der Waals surface area contributed by atoms with Gasteiger partial charge < -0.3 is 0 Å². The molecule has 0 aliphatic carbocycles. The van der Waals surface area contributed by atoms with Crippen molar-refractivity contribution in [1.29, 1.82) is 0 Å². The third-order valence-electron chi connectivity index (χ3n) is 5.05. The molecule has 1 N–H and O–H groups in total. The van der Waals surface area contributed by atoms with Gasteiger partial charge in [-0.2, -0.15) is 0 Å². The number of nitrogens with zero attached hydrogens (tertiary/aromatic N) is 1. The van der Waals surface area contributed by atoms with Crippen LogP contribution < -0.4 is 4.72 Å². The predicted molar refractivity (Wildman–Crippen MR) is 135 cm³/mol. The summed E-state index contributed by atoms with van der Waals surface area (Å²) in [4.78, 5) is 4.92. The summed E-state index contributed by atoms with van der Waals surface area (Å²) in [5, 5.41) is 3.99. The minimum Gasteiger partial charge on any atom is -0.270 e. The maximum atomic E-state index is 13.1. The summed E-state index contributed by atoms with van der Waals surface area (Å²) in [5.41, 5.74) is 4.62. The number of nitrogens with one attached hydrogen (secondary N) is 1. The molecular formula is C24H17ClN2O2S3. The highest BCUT2D eigenvalue weighted by molar-refractivity contribution is 7.93. The number of aromatic nitrogens is 1. The zero-order valence-corrected chi connectivity index (χ0v) is 20.1. The van der Waals surface area contributed by atoms with Gasteiger partial charge in [0, 0.05) is 10.6 Å². The van der Waals surface area contributed by atoms with Crippen LogP contribution in [0.5, 0.6) is 0 Å². The first-order valence-electron chi connectivity index (χ1n) is 9.73. The van der Waals surface area contributed by atoms with E-state index in [4.69, 9.17) is 16.6 Å². The van der Waals surface area contributed by atoms with E-state index < -0.39 is 10.0 Å². The molecule has 2 heterocycles. The second-order valence-corrected chi connectivity index (χ2v) is 11.3. The van der Waals surface area contributed by atoms with Crippen LogP contribution in [-0.4, -0.2) is 13.4 Å². The number of hydrogen-bond donors (Lipinski definition) is 1. The number of fused-ring (bicyclic) bond motifs is 1. The summed E-state index contributed by atoms with van der Waals surface area (Å²) in [6.07, 6.45) is 0. The van der Waals surface area contributed by atoms with Crippen LogP contribution in [0.25, 0.3) is 31.9 Å². The molecule has 5 aromatic rings. The molecule has 0 amide bonds. The number of thiazole rings is 1. The number of benzene rings is 3. The molecule has 5 rings (SSSR count). The van der Waals surface area contributed by atoms with Gasteiger partial charge in [-0.05, 0) is 65.4 Å². The van der Waals surface area contributed by atoms with Crippen LogP contribution in [0.15, 0.2) is 83.1 Å². The van der Waals surface area contributed by atoms with E-state index in [0.29, 0.717) is 10.0 Å². The third kappa shape index (κ3) is 4.04.